The Morgan fingerprint density at radius 1 is 0.828 bits per heavy atom. The van der Waals surface area contributed by atoms with Gasteiger partial charge >= 0.3 is 18.1 Å². The van der Waals surface area contributed by atoms with E-state index >= 15 is 4.39 Å². The highest BCUT2D eigenvalue weighted by Gasteiger charge is 2.46. The minimum atomic E-state index is -2.05. The number of nitrogens with two attached hydrogens (primary N) is 1. The molecule has 99 heavy (non-hydrogen) atoms. The highest BCUT2D eigenvalue weighted by molar-refractivity contribution is 5.99. The van der Waals surface area contributed by atoms with Crippen LogP contribution in [0.2, 0.25) is 0 Å². The number of alkyl carbamates (subject to hydrolysis) is 1. The van der Waals surface area contributed by atoms with Crippen LogP contribution in [-0.2, 0) is 97.1 Å². The van der Waals surface area contributed by atoms with Crippen LogP contribution in [0.1, 0.15) is 146 Å². The number of ketones is 1. The number of carbonyl (C=O) groups is 8. The molecule has 2 aromatic heterocycles. The molecule has 0 radical (unpaired) electrons. The summed E-state index contributed by atoms with van der Waals surface area (Å²) < 4.78 is 44.8. The summed E-state index contributed by atoms with van der Waals surface area (Å²) in [5, 5.41) is 28.7. The van der Waals surface area contributed by atoms with Crippen molar-refractivity contribution in [3.8, 4) is 11.4 Å². The second kappa shape index (κ2) is 34.2. The van der Waals surface area contributed by atoms with Gasteiger partial charge in [-0.25, -0.2) is 23.8 Å². The first-order chi connectivity index (χ1) is 47.6. The Morgan fingerprint density at radius 2 is 1.54 bits per heavy atom. The molecular formula is C74H88FN9O15. The number of aliphatic hydroxyl groups is 1. The number of nitrogens with zero attached hydrogens (tertiary/aromatic N) is 2. The lowest BCUT2D eigenvalue weighted by Gasteiger charge is -2.31. The lowest BCUT2D eigenvalue weighted by Crippen LogP contribution is -2.54. The molecule has 7 amide bonds. The van der Waals surface area contributed by atoms with E-state index in [1.54, 1.807) is 64.1 Å². The number of aromatic nitrogens is 2. The largest absolute Gasteiger partial charge is 0.458 e. The molecule has 0 spiro atoms. The van der Waals surface area contributed by atoms with E-state index in [0.717, 1.165) is 28.7 Å². The molecule has 24 nitrogen and oxygen atoms in total. The molecule has 6 aromatic rings. The average Bonchev–Trinajstić information content (AvgIpc) is 1.65. The number of nitrogens with one attached hydrogen (secondary N) is 6. The van der Waals surface area contributed by atoms with Crippen molar-refractivity contribution in [2.75, 3.05) is 58.0 Å². The van der Waals surface area contributed by atoms with Crippen molar-refractivity contribution in [1.29, 1.82) is 0 Å². The number of esters is 1. The van der Waals surface area contributed by atoms with Crippen LogP contribution in [0.5, 0.6) is 0 Å². The third kappa shape index (κ3) is 18.0. The van der Waals surface area contributed by atoms with E-state index in [1.807, 2.05) is 36.4 Å². The molecule has 0 saturated heterocycles. The van der Waals surface area contributed by atoms with Crippen LogP contribution in [-0.4, -0.2) is 127 Å². The maximum absolute atomic E-state index is 15.5. The second-order valence-corrected chi connectivity index (χ2v) is 25.2. The van der Waals surface area contributed by atoms with Gasteiger partial charge in [-0.1, -0.05) is 101 Å². The maximum Gasteiger partial charge on any atom is 0.407 e. The zero-order valence-corrected chi connectivity index (χ0v) is 56.6. The number of benzene rings is 4. The number of carbonyl (C=O) groups excluding carboxylic acids is 8. The molecule has 9 N–H and O–H groups in total. The Kier molecular flexibility index (Phi) is 25.4. The average molecular weight is 1360 g/mol. The first kappa shape index (κ1) is 73.6. The zero-order chi connectivity index (χ0) is 70.9. The van der Waals surface area contributed by atoms with E-state index in [4.69, 9.17) is 34.4 Å². The van der Waals surface area contributed by atoms with Gasteiger partial charge < -0.3 is 71.0 Å². The van der Waals surface area contributed by atoms with E-state index in [0.29, 0.717) is 69.5 Å². The Labute approximate surface area is 573 Å². The summed E-state index contributed by atoms with van der Waals surface area (Å²) in [6.07, 6.45) is 3.49. The summed E-state index contributed by atoms with van der Waals surface area (Å²) in [7, 11) is 0. The fourth-order valence-electron chi connectivity index (χ4n) is 13.0. The van der Waals surface area contributed by atoms with Crippen LogP contribution in [0.25, 0.3) is 28.4 Å². The van der Waals surface area contributed by atoms with E-state index in [9.17, 15) is 48.3 Å². The van der Waals surface area contributed by atoms with Crippen LogP contribution in [0.15, 0.2) is 96.3 Å². The normalized spacial score (nSPS) is 15.9. The van der Waals surface area contributed by atoms with Gasteiger partial charge in [0.05, 0.1) is 74.7 Å². The van der Waals surface area contributed by atoms with Gasteiger partial charge in [-0.3, -0.25) is 28.8 Å². The van der Waals surface area contributed by atoms with E-state index in [2.05, 4.69) is 57.5 Å². The molecular weight excluding hydrogens is 1270 g/mol. The van der Waals surface area contributed by atoms with Crippen LogP contribution in [0.3, 0.4) is 0 Å². The van der Waals surface area contributed by atoms with Crippen molar-refractivity contribution < 1.29 is 71.5 Å². The predicted molar refractivity (Wildman–Crippen MR) is 367 cm³/mol. The smallest absolute Gasteiger partial charge is 0.407 e. The molecule has 2 aliphatic heterocycles. The number of ether oxygens (including phenoxy) is 5. The van der Waals surface area contributed by atoms with Gasteiger partial charge in [0.1, 0.15) is 36.9 Å². The van der Waals surface area contributed by atoms with Gasteiger partial charge in [-0.2, -0.15) is 0 Å². The van der Waals surface area contributed by atoms with Crippen molar-refractivity contribution in [2.45, 2.75) is 148 Å². The highest BCUT2D eigenvalue weighted by Crippen LogP contribution is 2.46. The zero-order valence-electron chi connectivity index (χ0n) is 56.6. The molecule has 0 bridgehead atoms. The van der Waals surface area contributed by atoms with Crippen molar-refractivity contribution in [1.82, 2.24) is 36.1 Å². The van der Waals surface area contributed by atoms with Crippen LogP contribution in [0.4, 0.5) is 19.7 Å². The van der Waals surface area contributed by atoms with Gasteiger partial charge in [0.15, 0.2) is 5.60 Å². The monoisotopic (exact) mass is 1360 g/mol. The van der Waals surface area contributed by atoms with Crippen molar-refractivity contribution >= 4 is 70.2 Å². The number of Topliss-reactive ketones (excluding diaryl/α,β-unsaturated/α-hetero) is 1. The molecule has 25 heteroatoms. The first-order valence-corrected chi connectivity index (χ1v) is 33.7. The Hall–Kier alpha value is -9.69. The number of cyclic esters (lactones) is 1. The molecule has 9 rings (SSSR count). The van der Waals surface area contributed by atoms with Crippen molar-refractivity contribution in [3.05, 3.63) is 169 Å². The Bertz CT molecular complexity index is 4060. The van der Waals surface area contributed by atoms with E-state index < -0.39 is 82.8 Å². The van der Waals surface area contributed by atoms with Crippen molar-refractivity contribution in [2.24, 2.45) is 11.7 Å². The van der Waals surface area contributed by atoms with Gasteiger partial charge in [-0.05, 0) is 120 Å². The number of halogens is 1. The molecule has 1 aliphatic carbocycles. The summed E-state index contributed by atoms with van der Waals surface area (Å²) in [6.45, 7) is 13.9. The van der Waals surface area contributed by atoms with Gasteiger partial charge in [0.2, 0.25) is 23.6 Å². The van der Waals surface area contributed by atoms with Crippen LogP contribution >= 0.6 is 0 Å². The molecule has 4 heterocycles. The SMILES string of the molecule is C=Cc1ccccc1C(Cc1ccccc1CC)C(=O)CCC(=O)NCCOCCOCCOCCC(=O)NC(C(=O)NC(CCCNC(N)=O)C(=O)Nc1ccc(COC(=O)NC2CCc3c(C)c(F)cc4nc5c(c2c34)Cn2c-5cc3c(c2=O)COC(=O)C3(O)CC)cc1)C(C)C. The molecule has 0 saturated carbocycles. The number of amides is 7. The number of primary amides is 1. The first-order valence-electron chi connectivity index (χ1n) is 33.7. The highest BCUT2D eigenvalue weighted by atomic mass is 19.1. The molecule has 526 valence electrons. The number of hydrogen-bond acceptors (Lipinski definition) is 16. The number of fused-ring (bicyclic) bond motifs is 5. The summed E-state index contributed by atoms with van der Waals surface area (Å²) in [5.74, 6) is -4.07. The van der Waals surface area contributed by atoms with Crippen molar-refractivity contribution in [3.63, 3.8) is 0 Å². The number of pyridine rings is 2. The molecule has 5 unspecified atom stereocenters. The molecule has 4 aromatic carbocycles. The Morgan fingerprint density at radius 3 is 2.24 bits per heavy atom. The fourth-order valence-corrected chi connectivity index (χ4v) is 13.0. The molecule has 0 fully saturated rings. The summed E-state index contributed by atoms with van der Waals surface area (Å²) in [5.41, 5.74) is 11.5. The number of urea groups is 1. The second-order valence-electron chi connectivity index (χ2n) is 25.2. The third-order valence-electron chi connectivity index (χ3n) is 18.4. The number of hydrogen-bond donors (Lipinski definition) is 8. The van der Waals surface area contributed by atoms with E-state index in [-0.39, 0.29) is 134 Å². The summed E-state index contributed by atoms with van der Waals surface area (Å²) in [6, 6.07) is 21.6. The number of aryl methyl sites for hydroxylation is 2. The predicted octanol–water partition coefficient (Wildman–Crippen LogP) is 7.59. The van der Waals surface area contributed by atoms with Crippen LogP contribution < -0.4 is 43.2 Å². The Balaban J connectivity index is 0.692. The number of anilines is 1. The minimum absolute atomic E-state index is 0.0151. The third-order valence-corrected chi connectivity index (χ3v) is 18.4. The minimum Gasteiger partial charge on any atom is -0.458 e. The van der Waals surface area contributed by atoms with Gasteiger partial charge in [0, 0.05) is 66.5 Å². The summed E-state index contributed by atoms with van der Waals surface area (Å²) >= 11 is 0. The van der Waals surface area contributed by atoms with Gasteiger partial charge in [0.25, 0.3) is 5.56 Å². The quantitative estimate of drug-likeness (QED) is 0.0140. The number of rotatable bonds is 35. The van der Waals surface area contributed by atoms with Gasteiger partial charge in [-0.15, -0.1) is 0 Å². The maximum atomic E-state index is 15.5. The molecule has 5 atom stereocenters. The standard InChI is InChI=1S/C74H88FN9O15/c1-7-46-15-10-11-17-48(46)37-52(51-18-13-12-16-47(51)8-2)61(85)26-27-62(86)77-30-32-96-34-36-97-35-33-95-31-28-63(87)83-66(43(4)5)69(89)81-58(19-14-29-78-72(76)92)68(88)79-49-22-20-45(21-23-49)41-99-73(93)82-57-25-24-50-44(6)56(75)39-59-64(50)65(57)53-40-84-60(67(53)80-59)38-55-54(70(84)90)42-98-71(91)74(55,94)9-3/h8,10-13,15-18,20-23,38-39,43,52,57-58,66,94H,2,7,9,14,19,24-37,40-42H2,1,3-6H3,(H,77,86)(H,79,88)(H,81,89)(H,82,93)(H,83,87)(H3,76,78,92). The topological polar surface area (TPSA) is 336 Å². The molecule has 3 aliphatic rings. The fraction of sp³-hybridized carbons (Fsp3) is 0.432. The lowest BCUT2D eigenvalue weighted by atomic mass is 9.81. The van der Waals surface area contributed by atoms with E-state index in [1.165, 1.54) is 16.2 Å². The van der Waals surface area contributed by atoms with Crippen LogP contribution in [0, 0.1) is 18.7 Å². The lowest BCUT2D eigenvalue weighted by molar-refractivity contribution is -0.172. The summed E-state index contributed by atoms with van der Waals surface area (Å²) in [4.78, 5) is 124.